The average Bonchev–Trinajstić information content (AvgIpc) is 2.96. The van der Waals surface area contributed by atoms with Crippen molar-refractivity contribution in [2.24, 2.45) is 0 Å². The second kappa shape index (κ2) is 4.67. The van der Waals surface area contributed by atoms with Crippen LogP contribution in [0.15, 0.2) is 18.2 Å². The number of methoxy groups -OCH3 is 1. The molecular formula is C14H20N2O. The van der Waals surface area contributed by atoms with Crippen molar-refractivity contribution in [2.45, 2.75) is 25.5 Å². The Morgan fingerprint density at radius 1 is 1.47 bits per heavy atom. The molecule has 2 aliphatic rings. The molecule has 3 rings (SSSR count). The van der Waals surface area contributed by atoms with E-state index in [1.165, 1.54) is 29.7 Å². The maximum atomic E-state index is 5.40. The molecule has 3 heteroatoms. The predicted molar refractivity (Wildman–Crippen MR) is 69.3 cm³/mol. The Bertz CT molecular complexity index is 405. The number of fused-ring (bicyclic) bond motifs is 1. The molecule has 1 aromatic carbocycles. The zero-order chi connectivity index (χ0) is 11.7. The van der Waals surface area contributed by atoms with Crippen LogP contribution in [0.5, 0.6) is 0 Å². The number of hydrogen-bond acceptors (Lipinski definition) is 3. The molecule has 92 valence electrons. The Labute approximate surface area is 103 Å². The third-order valence-electron chi connectivity index (χ3n) is 3.85. The van der Waals surface area contributed by atoms with Crippen LogP contribution in [-0.2, 0) is 17.7 Å². The van der Waals surface area contributed by atoms with Crippen LogP contribution < -0.4 is 5.32 Å². The lowest BCUT2D eigenvalue weighted by Crippen LogP contribution is -2.22. The van der Waals surface area contributed by atoms with Gasteiger partial charge in [0.05, 0.1) is 6.10 Å². The van der Waals surface area contributed by atoms with Crippen molar-refractivity contribution in [3.05, 3.63) is 29.3 Å². The number of hydrogen-bond donors (Lipinski definition) is 1. The maximum absolute atomic E-state index is 5.40. The molecule has 1 atom stereocenters. The molecule has 1 saturated heterocycles. The Morgan fingerprint density at radius 2 is 2.41 bits per heavy atom. The van der Waals surface area contributed by atoms with E-state index >= 15 is 0 Å². The van der Waals surface area contributed by atoms with Gasteiger partial charge in [0.1, 0.15) is 0 Å². The largest absolute Gasteiger partial charge is 0.384 e. The van der Waals surface area contributed by atoms with Crippen LogP contribution in [-0.4, -0.2) is 37.7 Å². The van der Waals surface area contributed by atoms with Gasteiger partial charge in [-0.3, -0.25) is 4.90 Å². The molecule has 2 aliphatic heterocycles. The van der Waals surface area contributed by atoms with Crippen molar-refractivity contribution < 1.29 is 4.74 Å². The molecule has 0 aromatic heterocycles. The molecule has 0 saturated carbocycles. The van der Waals surface area contributed by atoms with E-state index in [0.717, 1.165) is 26.2 Å². The van der Waals surface area contributed by atoms with E-state index in [0.29, 0.717) is 6.10 Å². The molecule has 0 bridgehead atoms. The highest BCUT2D eigenvalue weighted by molar-refractivity contribution is 5.56. The summed E-state index contributed by atoms with van der Waals surface area (Å²) in [5.41, 5.74) is 4.24. The van der Waals surface area contributed by atoms with Crippen molar-refractivity contribution in [3.8, 4) is 0 Å². The van der Waals surface area contributed by atoms with E-state index in [-0.39, 0.29) is 0 Å². The zero-order valence-electron chi connectivity index (χ0n) is 10.4. The number of likely N-dealkylation sites (tertiary alicyclic amines) is 1. The Morgan fingerprint density at radius 3 is 3.24 bits per heavy atom. The fourth-order valence-corrected chi connectivity index (χ4v) is 2.85. The first-order valence-corrected chi connectivity index (χ1v) is 6.46. The van der Waals surface area contributed by atoms with Crippen LogP contribution in [0.1, 0.15) is 17.5 Å². The van der Waals surface area contributed by atoms with E-state index in [1.807, 2.05) is 7.11 Å². The highest BCUT2D eigenvalue weighted by Crippen LogP contribution is 2.24. The molecule has 3 nitrogen and oxygen atoms in total. The van der Waals surface area contributed by atoms with Gasteiger partial charge in [-0.05, 0) is 30.0 Å². The van der Waals surface area contributed by atoms with Crippen molar-refractivity contribution in [2.75, 3.05) is 32.1 Å². The summed E-state index contributed by atoms with van der Waals surface area (Å²) in [6, 6.07) is 6.83. The number of anilines is 1. The van der Waals surface area contributed by atoms with Crippen LogP contribution in [0.3, 0.4) is 0 Å². The average molecular weight is 232 g/mol. The standard InChI is InChI=1S/C14H20N2O/c1-17-13-5-7-16(10-13)9-11-2-3-14-12(8-11)4-6-15-14/h2-3,8,13,15H,4-7,9-10H2,1H3. The van der Waals surface area contributed by atoms with E-state index in [9.17, 15) is 0 Å². The summed E-state index contributed by atoms with van der Waals surface area (Å²) < 4.78 is 5.40. The van der Waals surface area contributed by atoms with E-state index in [4.69, 9.17) is 4.74 Å². The topological polar surface area (TPSA) is 24.5 Å². The van der Waals surface area contributed by atoms with Gasteiger partial charge in [0.2, 0.25) is 0 Å². The lowest BCUT2D eigenvalue weighted by molar-refractivity contribution is 0.107. The van der Waals surface area contributed by atoms with Crippen LogP contribution in [0, 0.1) is 0 Å². The van der Waals surface area contributed by atoms with Crippen LogP contribution >= 0.6 is 0 Å². The SMILES string of the molecule is COC1CCN(Cc2ccc3c(c2)CCN3)C1. The molecule has 17 heavy (non-hydrogen) atoms. The van der Waals surface area contributed by atoms with E-state index in [1.54, 1.807) is 0 Å². The fraction of sp³-hybridized carbons (Fsp3) is 0.571. The molecule has 2 heterocycles. The number of nitrogens with zero attached hydrogens (tertiary/aromatic N) is 1. The highest BCUT2D eigenvalue weighted by atomic mass is 16.5. The number of nitrogens with one attached hydrogen (secondary N) is 1. The van der Waals surface area contributed by atoms with Gasteiger partial charge in [-0.15, -0.1) is 0 Å². The summed E-state index contributed by atoms with van der Waals surface area (Å²) in [5, 5.41) is 3.40. The van der Waals surface area contributed by atoms with Gasteiger partial charge in [0.15, 0.2) is 0 Å². The summed E-state index contributed by atoms with van der Waals surface area (Å²) in [6.07, 6.45) is 2.78. The predicted octanol–water partition coefficient (Wildman–Crippen LogP) is 1.88. The van der Waals surface area contributed by atoms with Crippen molar-refractivity contribution in [1.29, 1.82) is 0 Å². The summed E-state index contributed by atoms with van der Waals surface area (Å²) in [7, 11) is 1.81. The zero-order valence-corrected chi connectivity index (χ0v) is 10.4. The van der Waals surface area contributed by atoms with Crippen LogP contribution in [0.25, 0.3) is 0 Å². The second-order valence-electron chi connectivity index (χ2n) is 5.05. The lowest BCUT2D eigenvalue weighted by atomic mass is 10.1. The smallest absolute Gasteiger partial charge is 0.0710 e. The van der Waals surface area contributed by atoms with E-state index < -0.39 is 0 Å². The Hall–Kier alpha value is -1.06. The maximum Gasteiger partial charge on any atom is 0.0710 e. The normalized spacial score (nSPS) is 23.7. The first-order valence-electron chi connectivity index (χ1n) is 6.46. The molecule has 0 aliphatic carbocycles. The summed E-state index contributed by atoms with van der Waals surface area (Å²) in [5.74, 6) is 0. The van der Waals surface area contributed by atoms with Crippen molar-refractivity contribution >= 4 is 5.69 Å². The quantitative estimate of drug-likeness (QED) is 0.861. The third kappa shape index (κ3) is 2.31. The van der Waals surface area contributed by atoms with Gasteiger partial charge < -0.3 is 10.1 Å². The minimum Gasteiger partial charge on any atom is -0.384 e. The Balaban J connectivity index is 1.65. The molecule has 1 fully saturated rings. The number of ether oxygens (including phenoxy) is 1. The van der Waals surface area contributed by atoms with Crippen molar-refractivity contribution in [1.82, 2.24) is 4.90 Å². The summed E-state index contributed by atoms with van der Waals surface area (Å²) in [4.78, 5) is 2.48. The van der Waals surface area contributed by atoms with Gasteiger partial charge in [-0.2, -0.15) is 0 Å². The molecule has 0 spiro atoms. The molecule has 1 N–H and O–H groups in total. The monoisotopic (exact) mass is 232 g/mol. The fourth-order valence-electron chi connectivity index (χ4n) is 2.85. The summed E-state index contributed by atoms with van der Waals surface area (Å²) in [6.45, 7) is 4.39. The second-order valence-corrected chi connectivity index (χ2v) is 5.05. The first-order chi connectivity index (χ1) is 8.35. The number of benzene rings is 1. The minimum atomic E-state index is 0.436. The van der Waals surface area contributed by atoms with Gasteiger partial charge in [0, 0.05) is 39.0 Å². The molecule has 1 unspecified atom stereocenters. The number of rotatable bonds is 3. The lowest BCUT2D eigenvalue weighted by Gasteiger charge is -2.16. The third-order valence-corrected chi connectivity index (χ3v) is 3.85. The summed E-state index contributed by atoms with van der Waals surface area (Å²) >= 11 is 0. The van der Waals surface area contributed by atoms with E-state index in [2.05, 4.69) is 28.4 Å². The van der Waals surface area contributed by atoms with Gasteiger partial charge in [-0.25, -0.2) is 0 Å². The Kier molecular flexibility index (Phi) is 3.04. The van der Waals surface area contributed by atoms with Crippen molar-refractivity contribution in [3.63, 3.8) is 0 Å². The highest BCUT2D eigenvalue weighted by Gasteiger charge is 2.22. The molecule has 1 aromatic rings. The van der Waals surface area contributed by atoms with Gasteiger partial charge in [-0.1, -0.05) is 12.1 Å². The first kappa shape index (κ1) is 11.1. The molecular weight excluding hydrogens is 212 g/mol. The molecule has 0 amide bonds. The van der Waals surface area contributed by atoms with Gasteiger partial charge >= 0.3 is 0 Å². The van der Waals surface area contributed by atoms with Crippen LogP contribution in [0.2, 0.25) is 0 Å². The molecule has 0 radical (unpaired) electrons. The minimum absolute atomic E-state index is 0.436. The van der Waals surface area contributed by atoms with Crippen LogP contribution in [0.4, 0.5) is 5.69 Å². The van der Waals surface area contributed by atoms with Gasteiger partial charge in [0.25, 0.3) is 0 Å².